The second-order valence-electron chi connectivity index (χ2n) is 4.70. The summed E-state index contributed by atoms with van der Waals surface area (Å²) in [5.41, 5.74) is 1.31. The van der Waals surface area contributed by atoms with Gasteiger partial charge in [0.25, 0.3) is 0 Å². The van der Waals surface area contributed by atoms with E-state index in [-0.39, 0.29) is 5.54 Å². The van der Waals surface area contributed by atoms with E-state index in [1.807, 2.05) is 6.07 Å². The summed E-state index contributed by atoms with van der Waals surface area (Å²) in [5, 5.41) is 7.51. The van der Waals surface area contributed by atoms with Crippen LogP contribution in [0.5, 0.6) is 0 Å². The van der Waals surface area contributed by atoms with Crippen molar-refractivity contribution in [1.29, 1.82) is 0 Å². The zero-order valence-electron chi connectivity index (χ0n) is 9.65. The largest absolute Gasteiger partial charge is 0.363 e. The highest BCUT2D eigenvalue weighted by molar-refractivity contribution is 6.30. The van der Waals surface area contributed by atoms with Crippen LogP contribution in [0.25, 0.3) is 0 Å². The summed E-state index contributed by atoms with van der Waals surface area (Å²) >= 11 is 5.79. The Labute approximate surface area is 96.6 Å². The first-order valence-electron chi connectivity index (χ1n) is 5.26. The minimum Gasteiger partial charge on any atom is -0.363 e. The molecule has 0 unspecified atom stereocenters. The first-order valence-corrected chi connectivity index (χ1v) is 5.64. The molecule has 0 saturated heterocycles. The smallest absolute Gasteiger partial charge is 0.0583 e. The highest BCUT2D eigenvalue weighted by atomic mass is 35.5. The number of rotatable bonds is 5. The predicted octanol–water partition coefficient (Wildman–Crippen LogP) is 2.15. The summed E-state index contributed by atoms with van der Waals surface area (Å²) in [5.74, 6) is 0. The molecule has 1 aromatic rings. The quantitative estimate of drug-likeness (QED) is 0.678. The van der Waals surface area contributed by atoms with Crippen LogP contribution in [-0.2, 0) is 6.54 Å². The first kappa shape index (κ1) is 12.6. The number of H-pyrrole nitrogens is 1. The normalized spacial score (nSPS) is 12.0. The molecule has 0 amide bonds. The summed E-state index contributed by atoms with van der Waals surface area (Å²) in [6.07, 6.45) is 1.80. The van der Waals surface area contributed by atoms with Crippen molar-refractivity contribution in [2.75, 3.05) is 13.1 Å². The lowest BCUT2D eigenvalue weighted by Crippen LogP contribution is -2.40. The maximum absolute atomic E-state index is 5.79. The maximum Gasteiger partial charge on any atom is 0.0583 e. The topological polar surface area (TPSA) is 39.8 Å². The predicted molar refractivity (Wildman–Crippen MR) is 65.3 cm³/mol. The van der Waals surface area contributed by atoms with Gasteiger partial charge in [0.15, 0.2) is 0 Å². The number of aromatic amines is 1. The number of halogens is 1. The fraction of sp³-hybridized carbons (Fsp3) is 0.636. The van der Waals surface area contributed by atoms with Crippen LogP contribution in [0.1, 0.15) is 26.5 Å². The molecule has 0 aromatic carbocycles. The maximum atomic E-state index is 5.79. The van der Waals surface area contributed by atoms with Crippen molar-refractivity contribution >= 4 is 11.6 Å². The number of hydrogen-bond acceptors (Lipinski definition) is 2. The minimum atomic E-state index is 0.192. The molecule has 0 saturated carbocycles. The molecule has 4 heteroatoms. The van der Waals surface area contributed by atoms with Crippen LogP contribution in [0.15, 0.2) is 12.3 Å². The van der Waals surface area contributed by atoms with Crippen LogP contribution in [0, 0.1) is 0 Å². The number of aromatic nitrogens is 1. The molecule has 0 fully saturated rings. The molecule has 3 nitrogen and oxygen atoms in total. The molecule has 86 valence electrons. The molecular formula is C11H20ClN3. The highest BCUT2D eigenvalue weighted by Gasteiger charge is 2.06. The van der Waals surface area contributed by atoms with Crippen LogP contribution < -0.4 is 10.6 Å². The molecule has 15 heavy (non-hydrogen) atoms. The zero-order valence-corrected chi connectivity index (χ0v) is 10.4. The van der Waals surface area contributed by atoms with Gasteiger partial charge in [-0.05, 0) is 26.8 Å². The van der Waals surface area contributed by atoms with E-state index in [4.69, 9.17) is 11.6 Å². The number of nitrogens with one attached hydrogen (secondary N) is 3. The third-order valence-corrected chi connectivity index (χ3v) is 2.20. The molecule has 1 heterocycles. The van der Waals surface area contributed by atoms with Crippen molar-refractivity contribution in [2.24, 2.45) is 0 Å². The van der Waals surface area contributed by atoms with E-state index < -0.39 is 0 Å². The SMILES string of the molecule is CC(C)(C)NCCNCc1cc(Cl)c[nH]1. The van der Waals surface area contributed by atoms with Gasteiger partial charge in [0.1, 0.15) is 0 Å². The van der Waals surface area contributed by atoms with E-state index in [9.17, 15) is 0 Å². The van der Waals surface area contributed by atoms with Crippen molar-refractivity contribution in [2.45, 2.75) is 32.9 Å². The van der Waals surface area contributed by atoms with Crippen molar-refractivity contribution in [3.05, 3.63) is 23.0 Å². The summed E-state index contributed by atoms with van der Waals surface area (Å²) in [4.78, 5) is 3.10. The van der Waals surface area contributed by atoms with E-state index >= 15 is 0 Å². The molecule has 1 rings (SSSR count). The average Bonchev–Trinajstić information content (AvgIpc) is 2.49. The summed E-state index contributed by atoms with van der Waals surface area (Å²) in [7, 11) is 0. The highest BCUT2D eigenvalue weighted by Crippen LogP contribution is 2.08. The summed E-state index contributed by atoms with van der Waals surface area (Å²) in [6, 6.07) is 1.94. The van der Waals surface area contributed by atoms with Crippen molar-refractivity contribution in [1.82, 2.24) is 15.6 Å². The number of hydrogen-bond donors (Lipinski definition) is 3. The average molecular weight is 230 g/mol. The van der Waals surface area contributed by atoms with E-state index in [2.05, 4.69) is 36.4 Å². The van der Waals surface area contributed by atoms with Gasteiger partial charge < -0.3 is 15.6 Å². The van der Waals surface area contributed by atoms with Gasteiger partial charge in [0.05, 0.1) is 5.02 Å². The Kier molecular flexibility index (Phi) is 4.64. The van der Waals surface area contributed by atoms with Crippen molar-refractivity contribution in [3.63, 3.8) is 0 Å². The van der Waals surface area contributed by atoms with Gasteiger partial charge in [-0.1, -0.05) is 11.6 Å². The van der Waals surface area contributed by atoms with Crippen LogP contribution >= 0.6 is 11.6 Å². The van der Waals surface area contributed by atoms with Gasteiger partial charge in [-0.3, -0.25) is 0 Å². The fourth-order valence-corrected chi connectivity index (χ4v) is 1.45. The Morgan fingerprint density at radius 3 is 2.60 bits per heavy atom. The van der Waals surface area contributed by atoms with Gasteiger partial charge in [-0.2, -0.15) is 0 Å². The second-order valence-corrected chi connectivity index (χ2v) is 5.13. The third kappa shape index (κ3) is 5.82. The molecule has 1 aromatic heterocycles. The minimum absolute atomic E-state index is 0.192. The monoisotopic (exact) mass is 229 g/mol. The van der Waals surface area contributed by atoms with Gasteiger partial charge in [-0.15, -0.1) is 0 Å². The Bertz CT molecular complexity index is 288. The van der Waals surface area contributed by atoms with Crippen LogP contribution in [0.4, 0.5) is 0 Å². The first-order chi connectivity index (χ1) is 6.97. The van der Waals surface area contributed by atoms with Gasteiger partial charge >= 0.3 is 0 Å². The van der Waals surface area contributed by atoms with E-state index in [1.54, 1.807) is 6.20 Å². The molecule has 0 radical (unpaired) electrons. The Hall–Kier alpha value is -0.510. The van der Waals surface area contributed by atoms with Gasteiger partial charge in [0.2, 0.25) is 0 Å². The second kappa shape index (κ2) is 5.54. The zero-order chi connectivity index (χ0) is 11.3. The van der Waals surface area contributed by atoms with Gasteiger partial charge in [-0.25, -0.2) is 0 Å². The van der Waals surface area contributed by atoms with Crippen LogP contribution in [0.2, 0.25) is 5.02 Å². The van der Waals surface area contributed by atoms with Gasteiger partial charge in [0, 0.05) is 37.1 Å². The fourth-order valence-electron chi connectivity index (χ4n) is 1.26. The lowest BCUT2D eigenvalue weighted by atomic mass is 10.1. The van der Waals surface area contributed by atoms with Crippen molar-refractivity contribution in [3.8, 4) is 0 Å². The van der Waals surface area contributed by atoms with E-state index in [1.165, 1.54) is 0 Å². The molecule has 3 N–H and O–H groups in total. The molecule has 0 aliphatic rings. The molecule has 0 spiro atoms. The van der Waals surface area contributed by atoms with Crippen LogP contribution in [-0.4, -0.2) is 23.6 Å². The standard InChI is InChI=1S/C11H20ClN3/c1-11(2,3)15-5-4-13-8-10-6-9(12)7-14-10/h6-7,13-15H,4-5,8H2,1-3H3. The Balaban J connectivity index is 2.07. The Morgan fingerprint density at radius 1 is 1.33 bits per heavy atom. The summed E-state index contributed by atoms with van der Waals surface area (Å²) in [6.45, 7) is 9.25. The van der Waals surface area contributed by atoms with Crippen LogP contribution in [0.3, 0.4) is 0 Å². The molecule has 0 aliphatic heterocycles. The Morgan fingerprint density at radius 2 is 2.07 bits per heavy atom. The summed E-state index contributed by atoms with van der Waals surface area (Å²) < 4.78 is 0. The van der Waals surface area contributed by atoms with Crippen molar-refractivity contribution < 1.29 is 0 Å². The molecular weight excluding hydrogens is 210 g/mol. The molecule has 0 aliphatic carbocycles. The van der Waals surface area contributed by atoms with E-state index in [0.717, 1.165) is 30.4 Å². The van der Waals surface area contributed by atoms with E-state index in [0.29, 0.717) is 0 Å². The molecule has 0 atom stereocenters. The lowest BCUT2D eigenvalue weighted by Gasteiger charge is -2.20. The third-order valence-electron chi connectivity index (χ3n) is 1.98. The molecule has 0 bridgehead atoms. The lowest BCUT2D eigenvalue weighted by molar-refractivity contribution is 0.421.